The molecule has 9 heteroatoms. The van der Waals surface area contributed by atoms with Crippen molar-refractivity contribution in [1.82, 2.24) is 29.9 Å². The van der Waals surface area contributed by atoms with Gasteiger partial charge in [-0.25, -0.2) is 14.6 Å². The second kappa shape index (κ2) is 6.31. The minimum atomic E-state index is -0.244. The zero-order chi connectivity index (χ0) is 16.5. The number of nitrogens with zero attached hydrogens (tertiary/aromatic N) is 7. The van der Waals surface area contributed by atoms with Crippen LogP contribution in [0.2, 0.25) is 0 Å². The summed E-state index contributed by atoms with van der Waals surface area (Å²) in [5.74, 6) is 0.917. The van der Waals surface area contributed by atoms with Crippen LogP contribution in [0.3, 0.4) is 0 Å². The van der Waals surface area contributed by atoms with Crippen LogP contribution in [0.1, 0.15) is 19.8 Å². The lowest BCUT2D eigenvalue weighted by Crippen LogP contribution is -2.51. The third kappa shape index (κ3) is 2.58. The molecule has 2 aromatic heterocycles. The Hall–Kier alpha value is -2.29. The molecule has 2 aromatic rings. The summed E-state index contributed by atoms with van der Waals surface area (Å²) in [6.45, 7) is 6.22. The van der Waals surface area contributed by atoms with Gasteiger partial charge in [-0.3, -0.25) is 4.79 Å². The van der Waals surface area contributed by atoms with E-state index in [1.54, 1.807) is 11.0 Å². The van der Waals surface area contributed by atoms with E-state index in [-0.39, 0.29) is 12.0 Å². The molecular weight excluding hydrogens is 310 g/mol. The van der Waals surface area contributed by atoms with Crippen molar-refractivity contribution in [2.24, 2.45) is 0 Å². The number of aryl methyl sites for hydroxylation is 1. The molecule has 2 aliphatic heterocycles. The molecule has 9 nitrogen and oxygen atoms in total. The maximum Gasteiger partial charge on any atom is 0.251 e. The zero-order valence-corrected chi connectivity index (χ0v) is 13.8. The first-order valence-corrected chi connectivity index (χ1v) is 8.47. The summed E-state index contributed by atoms with van der Waals surface area (Å²) < 4.78 is 7.27. The van der Waals surface area contributed by atoms with Gasteiger partial charge in [-0.2, -0.15) is 0 Å². The summed E-state index contributed by atoms with van der Waals surface area (Å²) in [7, 11) is 0. The van der Waals surface area contributed by atoms with Gasteiger partial charge in [0.15, 0.2) is 17.0 Å². The van der Waals surface area contributed by atoms with Crippen LogP contribution in [0.4, 0.5) is 5.82 Å². The number of ether oxygens (including phenoxy) is 1. The average Bonchev–Trinajstić information content (AvgIpc) is 3.30. The second-order valence-electron chi connectivity index (χ2n) is 6.09. The van der Waals surface area contributed by atoms with Crippen molar-refractivity contribution in [3.8, 4) is 0 Å². The highest BCUT2D eigenvalue weighted by molar-refractivity contribution is 5.83. The van der Waals surface area contributed by atoms with Gasteiger partial charge < -0.3 is 14.5 Å². The first kappa shape index (κ1) is 15.3. The highest BCUT2D eigenvalue weighted by Crippen LogP contribution is 2.22. The van der Waals surface area contributed by atoms with Gasteiger partial charge in [0.1, 0.15) is 12.4 Å². The topological polar surface area (TPSA) is 89.3 Å². The van der Waals surface area contributed by atoms with Crippen LogP contribution in [0.5, 0.6) is 0 Å². The maximum atomic E-state index is 12.4. The van der Waals surface area contributed by atoms with E-state index in [1.165, 1.54) is 0 Å². The van der Waals surface area contributed by atoms with E-state index in [2.05, 4.69) is 25.2 Å². The predicted molar refractivity (Wildman–Crippen MR) is 86.6 cm³/mol. The third-order valence-corrected chi connectivity index (χ3v) is 4.68. The van der Waals surface area contributed by atoms with Gasteiger partial charge in [0.05, 0.1) is 0 Å². The van der Waals surface area contributed by atoms with E-state index in [1.807, 2.05) is 11.8 Å². The largest absolute Gasteiger partial charge is 0.368 e. The molecule has 1 amide bonds. The van der Waals surface area contributed by atoms with E-state index in [0.29, 0.717) is 19.7 Å². The van der Waals surface area contributed by atoms with Gasteiger partial charge in [0.25, 0.3) is 5.91 Å². The molecule has 4 rings (SSSR count). The van der Waals surface area contributed by atoms with Crippen LogP contribution in [0, 0.1) is 0 Å². The Morgan fingerprint density at radius 1 is 1.29 bits per heavy atom. The Morgan fingerprint density at radius 3 is 2.83 bits per heavy atom. The first-order valence-electron chi connectivity index (χ1n) is 8.47. The van der Waals surface area contributed by atoms with Gasteiger partial charge >= 0.3 is 0 Å². The zero-order valence-electron chi connectivity index (χ0n) is 13.8. The fraction of sp³-hybridized carbons (Fsp3) is 0.667. The molecule has 0 radical (unpaired) electrons. The number of carbonyl (C=O) groups excluding carboxylic acids is 1. The molecule has 4 heterocycles. The summed E-state index contributed by atoms with van der Waals surface area (Å²) in [5.41, 5.74) is 1.47. The number of rotatable bonds is 3. The summed E-state index contributed by atoms with van der Waals surface area (Å²) in [6.07, 6.45) is 3.12. The molecule has 1 atom stereocenters. The number of anilines is 1. The molecule has 128 valence electrons. The van der Waals surface area contributed by atoms with Crippen LogP contribution in [0.15, 0.2) is 6.33 Å². The fourth-order valence-corrected chi connectivity index (χ4v) is 3.34. The Morgan fingerprint density at radius 2 is 2.12 bits per heavy atom. The van der Waals surface area contributed by atoms with Crippen molar-refractivity contribution in [2.45, 2.75) is 32.4 Å². The summed E-state index contributed by atoms with van der Waals surface area (Å²) in [6, 6.07) is 0. The predicted octanol–water partition coefficient (Wildman–Crippen LogP) is 0.0688. The maximum absolute atomic E-state index is 12.4. The Bertz CT molecular complexity index is 732. The third-order valence-electron chi connectivity index (χ3n) is 4.68. The number of amides is 1. The molecule has 0 aromatic carbocycles. The number of aromatic nitrogens is 5. The van der Waals surface area contributed by atoms with Crippen LogP contribution in [-0.4, -0.2) is 74.7 Å². The molecule has 0 bridgehead atoms. The molecule has 2 fully saturated rings. The van der Waals surface area contributed by atoms with E-state index in [0.717, 1.165) is 49.5 Å². The molecule has 0 unspecified atom stereocenters. The van der Waals surface area contributed by atoms with E-state index >= 15 is 0 Å². The van der Waals surface area contributed by atoms with Gasteiger partial charge in [0.2, 0.25) is 0 Å². The van der Waals surface area contributed by atoms with Gasteiger partial charge in [-0.05, 0) is 19.8 Å². The Labute approximate surface area is 139 Å². The van der Waals surface area contributed by atoms with Gasteiger partial charge in [0, 0.05) is 39.3 Å². The van der Waals surface area contributed by atoms with Crippen LogP contribution in [-0.2, 0) is 16.1 Å². The Kier molecular flexibility index (Phi) is 4.01. The first-order chi connectivity index (χ1) is 11.8. The summed E-state index contributed by atoms with van der Waals surface area (Å²) in [5, 5.41) is 8.35. The average molecular weight is 331 g/mol. The Balaban J connectivity index is 1.48. The number of piperazine rings is 1. The standard InChI is InChI=1S/C15H21N7O2/c1-2-22-14-12(18-19-22)13(16-10-17-14)20-5-7-21(8-6-20)15(23)11-4-3-9-24-11/h10-11H,2-9H2,1H3/t11-/m1/s1. The normalized spacial score (nSPS) is 21.6. The number of hydrogen-bond acceptors (Lipinski definition) is 7. The fourth-order valence-electron chi connectivity index (χ4n) is 3.34. The molecule has 0 aliphatic carbocycles. The highest BCUT2D eigenvalue weighted by atomic mass is 16.5. The number of fused-ring (bicyclic) bond motifs is 1. The van der Waals surface area contributed by atoms with Crippen molar-refractivity contribution in [3.63, 3.8) is 0 Å². The van der Waals surface area contributed by atoms with Crippen molar-refractivity contribution in [1.29, 1.82) is 0 Å². The lowest BCUT2D eigenvalue weighted by atomic mass is 10.2. The summed E-state index contributed by atoms with van der Waals surface area (Å²) in [4.78, 5) is 25.2. The minimum Gasteiger partial charge on any atom is -0.368 e. The van der Waals surface area contributed by atoms with Crippen molar-refractivity contribution < 1.29 is 9.53 Å². The molecule has 0 N–H and O–H groups in total. The lowest BCUT2D eigenvalue weighted by molar-refractivity contribution is -0.141. The second-order valence-corrected chi connectivity index (χ2v) is 6.09. The number of hydrogen-bond donors (Lipinski definition) is 0. The smallest absolute Gasteiger partial charge is 0.251 e. The van der Waals surface area contributed by atoms with Gasteiger partial charge in [-0.1, -0.05) is 5.21 Å². The van der Waals surface area contributed by atoms with E-state index in [9.17, 15) is 4.79 Å². The lowest BCUT2D eigenvalue weighted by Gasteiger charge is -2.36. The van der Waals surface area contributed by atoms with E-state index < -0.39 is 0 Å². The molecule has 2 aliphatic rings. The minimum absolute atomic E-state index is 0.122. The highest BCUT2D eigenvalue weighted by Gasteiger charge is 2.31. The summed E-state index contributed by atoms with van der Waals surface area (Å²) >= 11 is 0. The van der Waals surface area contributed by atoms with Crippen molar-refractivity contribution in [3.05, 3.63) is 6.33 Å². The van der Waals surface area contributed by atoms with E-state index in [4.69, 9.17) is 4.74 Å². The molecule has 2 saturated heterocycles. The molecule has 0 saturated carbocycles. The monoisotopic (exact) mass is 331 g/mol. The van der Waals surface area contributed by atoms with Gasteiger partial charge in [-0.15, -0.1) is 5.10 Å². The molecule has 24 heavy (non-hydrogen) atoms. The van der Waals surface area contributed by atoms with Crippen LogP contribution in [0.25, 0.3) is 11.2 Å². The van der Waals surface area contributed by atoms with Crippen LogP contribution < -0.4 is 4.90 Å². The van der Waals surface area contributed by atoms with Crippen molar-refractivity contribution >= 4 is 22.9 Å². The molecular formula is C15H21N7O2. The quantitative estimate of drug-likeness (QED) is 0.786. The SMILES string of the molecule is CCn1nnc2c(N3CCN(C(=O)[C@H]4CCCO4)CC3)ncnc21. The van der Waals surface area contributed by atoms with Crippen LogP contribution >= 0.6 is 0 Å². The number of carbonyl (C=O) groups is 1. The van der Waals surface area contributed by atoms with Crippen molar-refractivity contribution in [2.75, 3.05) is 37.7 Å². The molecule has 0 spiro atoms.